The Bertz CT molecular complexity index is 510. The maximum absolute atomic E-state index is 12.5. The minimum Gasteiger partial charge on any atom is -0.369 e. The van der Waals surface area contributed by atoms with E-state index in [0.717, 1.165) is 6.07 Å². The number of alkyl halides is 3. The number of piperidine rings is 1. The monoisotopic (exact) mass is 316 g/mol. The summed E-state index contributed by atoms with van der Waals surface area (Å²) in [6.07, 6.45) is -1.95. The second kappa shape index (κ2) is 6.62. The van der Waals surface area contributed by atoms with Crippen molar-refractivity contribution in [3.8, 4) is 0 Å². The van der Waals surface area contributed by atoms with Crippen molar-refractivity contribution >= 4 is 5.91 Å². The molecule has 0 aliphatic carbocycles. The van der Waals surface area contributed by atoms with Crippen LogP contribution in [0.15, 0.2) is 18.3 Å². The molecule has 1 atom stereocenters. The first kappa shape index (κ1) is 16.7. The molecular formula is C14H19F3N4O. The molecule has 4 N–H and O–H groups in total. The summed E-state index contributed by atoms with van der Waals surface area (Å²) in [7, 11) is 0. The first-order valence-corrected chi connectivity index (χ1v) is 7.09. The van der Waals surface area contributed by atoms with Gasteiger partial charge in [0.25, 0.3) is 0 Å². The molecule has 2 rings (SSSR count). The van der Waals surface area contributed by atoms with Crippen molar-refractivity contribution in [3.05, 3.63) is 29.6 Å². The van der Waals surface area contributed by atoms with Gasteiger partial charge in [0, 0.05) is 24.7 Å². The van der Waals surface area contributed by atoms with E-state index in [1.165, 1.54) is 12.3 Å². The fourth-order valence-corrected chi connectivity index (χ4v) is 2.76. The van der Waals surface area contributed by atoms with Crippen LogP contribution in [-0.4, -0.2) is 35.4 Å². The molecule has 1 aliphatic heterocycles. The van der Waals surface area contributed by atoms with Gasteiger partial charge in [-0.15, -0.1) is 0 Å². The number of primary amides is 1. The molecule has 0 spiro atoms. The first-order chi connectivity index (χ1) is 10.3. The second-order valence-corrected chi connectivity index (χ2v) is 5.44. The van der Waals surface area contributed by atoms with Crippen molar-refractivity contribution in [2.24, 2.45) is 17.4 Å². The lowest BCUT2D eigenvalue weighted by molar-refractivity contribution is -0.141. The number of nitrogens with zero attached hydrogens (tertiary/aromatic N) is 2. The number of carbonyl (C=O) groups excluding carboxylic acids is 1. The van der Waals surface area contributed by atoms with Crippen molar-refractivity contribution in [2.75, 3.05) is 19.6 Å². The summed E-state index contributed by atoms with van der Waals surface area (Å²) in [6, 6.07) is 2.17. The van der Waals surface area contributed by atoms with Crippen LogP contribution in [0.5, 0.6) is 0 Å². The molecule has 1 aliphatic rings. The quantitative estimate of drug-likeness (QED) is 0.877. The van der Waals surface area contributed by atoms with Gasteiger partial charge in [-0.3, -0.25) is 14.7 Å². The van der Waals surface area contributed by atoms with Gasteiger partial charge in [0.1, 0.15) is 5.69 Å². The van der Waals surface area contributed by atoms with E-state index in [9.17, 15) is 18.0 Å². The molecule has 1 unspecified atom stereocenters. The van der Waals surface area contributed by atoms with Gasteiger partial charge in [-0.1, -0.05) is 6.07 Å². The summed E-state index contributed by atoms with van der Waals surface area (Å²) < 4.78 is 37.6. The Morgan fingerprint density at radius 3 is 2.41 bits per heavy atom. The van der Waals surface area contributed by atoms with Crippen LogP contribution in [0.2, 0.25) is 0 Å². The Balaban J connectivity index is 2.07. The van der Waals surface area contributed by atoms with Gasteiger partial charge in [-0.25, -0.2) is 0 Å². The minimum atomic E-state index is -4.45. The predicted octanol–water partition coefficient (Wildman–Crippen LogP) is 1.30. The van der Waals surface area contributed by atoms with E-state index in [-0.39, 0.29) is 24.4 Å². The first-order valence-electron chi connectivity index (χ1n) is 7.09. The summed E-state index contributed by atoms with van der Waals surface area (Å²) in [6.45, 7) is 1.54. The van der Waals surface area contributed by atoms with Gasteiger partial charge in [0.05, 0.1) is 0 Å². The molecule has 22 heavy (non-hydrogen) atoms. The Labute approximate surface area is 126 Å². The molecule has 0 bridgehead atoms. The van der Waals surface area contributed by atoms with Crippen LogP contribution < -0.4 is 11.5 Å². The number of halogens is 3. The van der Waals surface area contributed by atoms with E-state index < -0.39 is 11.9 Å². The number of pyridine rings is 1. The molecule has 1 fully saturated rings. The molecule has 8 heteroatoms. The van der Waals surface area contributed by atoms with Crippen LogP contribution in [0, 0.1) is 5.92 Å². The summed E-state index contributed by atoms with van der Waals surface area (Å²) in [4.78, 5) is 16.7. The van der Waals surface area contributed by atoms with E-state index in [4.69, 9.17) is 11.5 Å². The molecule has 1 saturated heterocycles. The van der Waals surface area contributed by atoms with Crippen LogP contribution in [0.25, 0.3) is 0 Å². The summed E-state index contributed by atoms with van der Waals surface area (Å²) in [5.74, 6) is -0.444. The van der Waals surface area contributed by atoms with Crippen molar-refractivity contribution < 1.29 is 18.0 Å². The maximum Gasteiger partial charge on any atom is 0.433 e. The van der Waals surface area contributed by atoms with Crippen molar-refractivity contribution in [1.82, 2.24) is 9.88 Å². The molecular weight excluding hydrogens is 297 g/mol. The highest BCUT2D eigenvalue weighted by Gasteiger charge is 2.33. The predicted molar refractivity (Wildman–Crippen MR) is 74.5 cm³/mol. The number of amides is 1. The molecule has 1 aromatic heterocycles. The van der Waals surface area contributed by atoms with Crippen molar-refractivity contribution in [3.63, 3.8) is 0 Å². The van der Waals surface area contributed by atoms with E-state index >= 15 is 0 Å². The van der Waals surface area contributed by atoms with Gasteiger partial charge < -0.3 is 11.5 Å². The fourth-order valence-electron chi connectivity index (χ4n) is 2.76. The van der Waals surface area contributed by atoms with Gasteiger partial charge >= 0.3 is 6.18 Å². The third kappa shape index (κ3) is 3.75. The highest BCUT2D eigenvalue weighted by Crippen LogP contribution is 2.30. The van der Waals surface area contributed by atoms with Gasteiger partial charge in [0.2, 0.25) is 5.91 Å². The van der Waals surface area contributed by atoms with Crippen LogP contribution in [0.3, 0.4) is 0 Å². The largest absolute Gasteiger partial charge is 0.433 e. The molecule has 1 aromatic rings. The van der Waals surface area contributed by atoms with Crippen LogP contribution in [-0.2, 0) is 11.0 Å². The van der Waals surface area contributed by atoms with Gasteiger partial charge in [-0.05, 0) is 37.6 Å². The normalized spacial score (nSPS) is 19.1. The van der Waals surface area contributed by atoms with Crippen LogP contribution in [0.4, 0.5) is 13.2 Å². The Hall–Kier alpha value is -1.67. The highest BCUT2D eigenvalue weighted by atomic mass is 19.4. The number of likely N-dealkylation sites (tertiary alicyclic amines) is 1. The SMILES string of the molecule is NCC(c1ccc(C(F)(F)F)nc1)N1CCC(C(N)=O)CC1. The number of aromatic nitrogens is 1. The zero-order valence-electron chi connectivity index (χ0n) is 12.0. The zero-order chi connectivity index (χ0) is 16.3. The summed E-state index contributed by atoms with van der Waals surface area (Å²) >= 11 is 0. The molecule has 122 valence electrons. The third-order valence-electron chi connectivity index (χ3n) is 4.06. The Morgan fingerprint density at radius 1 is 1.36 bits per heavy atom. The van der Waals surface area contributed by atoms with Crippen molar-refractivity contribution in [1.29, 1.82) is 0 Å². The van der Waals surface area contributed by atoms with E-state index in [1.807, 2.05) is 0 Å². The average molecular weight is 316 g/mol. The molecule has 2 heterocycles. The number of hydrogen-bond acceptors (Lipinski definition) is 4. The standard InChI is InChI=1S/C14H19F3N4O/c15-14(16,17)12-2-1-10(8-20-12)11(7-18)21-5-3-9(4-6-21)13(19)22/h1-2,8-9,11H,3-7,18H2,(H2,19,22). The fraction of sp³-hybridized carbons (Fsp3) is 0.571. The highest BCUT2D eigenvalue weighted by molar-refractivity contribution is 5.76. The number of carbonyl (C=O) groups is 1. The van der Waals surface area contributed by atoms with E-state index in [0.29, 0.717) is 31.5 Å². The van der Waals surface area contributed by atoms with Crippen LogP contribution in [0.1, 0.15) is 30.1 Å². The zero-order valence-corrected chi connectivity index (χ0v) is 12.0. The lowest BCUT2D eigenvalue weighted by Gasteiger charge is -2.36. The maximum atomic E-state index is 12.5. The van der Waals surface area contributed by atoms with E-state index in [2.05, 4.69) is 9.88 Å². The smallest absolute Gasteiger partial charge is 0.369 e. The van der Waals surface area contributed by atoms with Gasteiger partial charge in [-0.2, -0.15) is 13.2 Å². The lowest BCUT2D eigenvalue weighted by Crippen LogP contribution is -2.42. The number of nitrogens with two attached hydrogens (primary N) is 2. The Morgan fingerprint density at radius 2 is 2.00 bits per heavy atom. The lowest BCUT2D eigenvalue weighted by atomic mass is 9.94. The van der Waals surface area contributed by atoms with Gasteiger partial charge in [0.15, 0.2) is 0 Å². The Kier molecular flexibility index (Phi) is 5.02. The molecule has 5 nitrogen and oxygen atoms in total. The molecule has 1 amide bonds. The minimum absolute atomic E-state index is 0.139. The van der Waals surface area contributed by atoms with Crippen LogP contribution >= 0.6 is 0 Å². The molecule has 0 radical (unpaired) electrons. The molecule has 0 saturated carbocycles. The number of hydrogen-bond donors (Lipinski definition) is 2. The average Bonchev–Trinajstić information content (AvgIpc) is 2.48. The summed E-state index contributed by atoms with van der Waals surface area (Å²) in [5.41, 5.74) is 10.8. The second-order valence-electron chi connectivity index (χ2n) is 5.44. The number of rotatable bonds is 4. The molecule has 0 aromatic carbocycles. The third-order valence-corrected chi connectivity index (χ3v) is 4.06. The van der Waals surface area contributed by atoms with Crippen molar-refractivity contribution in [2.45, 2.75) is 25.1 Å². The van der Waals surface area contributed by atoms with E-state index in [1.54, 1.807) is 0 Å². The topological polar surface area (TPSA) is 85.2 Å². The summed E-state index contributed by atoms with van der Waals surface area (Å²) in [5, 5.41) is 0.